The molecule has 4 heteroatoms. The van der Waals surface area contributed by atoms with Crippen molar-refractivity contribution in [1.82, 2.24) is 0 Å². The van der Waals surface area contributed by atoms with Gasteiger partial charge in [0.15, 0.2) is 0 Å². The summed E-state index contributed by atoms with van der Waals surface area (Å²) in [5.41, 5.74) is 0. The lowest BCUT2D eigenvalue weighted by Gasteiger charge is -2.09. The Hall–Kier alpha value is -0.480. The highest BCUT2D eigenvalue weighted by Crippen LogP contribution is 2.32. The second-order valence-electron chi connectivity index (χ2n) is 2.59. The van der Waals surface area contributed by atoms with Crippen LogP contribution in [-0.2, 0) is 0 Å². The van der Waals surface area contributed by atoms with Crippen molar-refractivity contribution in [3.63, 3.8) is 0 Å². The van der Waals surface area contributed by atoms with E-state index in [9.17, 15) is 0 Å². The molecule has 0 bridgehead atoms. The number of rotatable bonds is 5. The summed E-state index contributed by atoms with van der Waals surface area (Å²) in [6.45, 7) is 0. The van der Waals surface area contributed by atoms with E-state index in [-0.39, 0.29) is 0 Å². The van der Waals surface area contributed by atoms with Crippen molar-refractivity contribution < 1.29 is 9.47 Å². The number of benzene rings is 1. The second-order valence-corrected chi connectivity index (χ2v) is 4.17. The zero-order chi connectivity index (χ0) is 10.4. The molecule has 0 aromatic heterocycles. The molecule has 0 saturated carbocycles. The van der Waals surface area contributed by atoms with E-state index in [1.165, 1.54) is 0 Å². The summed E-state index contributed by atoms with van der Waals surface area (Å²) < 4.78 is 10.4. The molecular weight excluding hydrogens is 216 g/mol. The van der Waals surface area contributed by atoms with Crippen molar-refractivity contribution in [2.24, 2.45) is 0 Å². The molecule has 0 fully saturated rings. The fraction of sp³-hybridized carbons (Fsp3) is 0.400. The molecule has 0 radical (unpaired) electrons. The number of thioether (sulfide) groups is 1. The third-order valence-electron chi connectivity index (χ3n) is 1.72. The minimum absolute atomic E-state index is 0.817. The van der Waals surface area contributed by atoms with Crippen LogP contribution in [0.15, 0.2) is 23.1 Å². The first-order valence-electron chi connectivity index (χ1n) is 4.27. The van der Waals surface area contributed by atoms with Crippen LogP contribution >= 0.6 is 24.4 Å². The normalized spacial score (nSPS) is 9.93. The van der Waals surface area contributed by atoms with Crippen molar-refractivity contribution in [2.45, 2.75) is 4.90 Å². The Bertz CT molecular complexity index is 289. The van der Waals surface area contributed by atoms with Crippen LogP contribution in [0.4, 0.5) is 0 Å². The predicted octanol–water partition coefficient (Wildman–Crippen LogP) is 2.73. The molecule has 0 spiro atoms. The van der Waals surface area contributed by atoms with Gasteiger partial charge >= 0.3 is 0 Å². The highest BCUT2D eigenvalue weighted by Gasteiger charge is 2.04. The molecule has 14 heavy (non-hydrogen) atoms. The first kappa shape index (κ1) is 11.6. The fourth-order valence-corrected chi connectivity index (χ4v) is 2.08. The van der Waals surface area contributed by atoms with Gasteiger partial charge < -0.3 is 9.47 Å². The summed E-state index contributed by atoms with van der Waals surface area (Å²) in [5, 5.41) is 0. The Morgan fingerprint density at radius 3 is 2.64 bits per heavy atom. The zero-order valence-electron chi connectivity index (χ0n) is 8.32. The van der Waals surface area contributed by atoms with Crippen molar-refractivity contribution in [2.75, 3.05) is 25.7 Å². The van der Waals surface area contributed by atoms with Crippen LogP contribution < -0.4 is 9.47 Å². The summed E-state index contributed by atoms with van der Waals surface area (Å²) in [4.78, 5) is 1.13. The average Bonchev–Trinajstić information content (AvgIpc) is 2.26. The predicted molar refractivity (Wildman–Crippen MR) is 64.1 cm³/mol. The van der Waals surface area contributed by atoms with E-state index in [1.807, 2.05) is 18.2 Å². The van der Waals surface area contributed by atoms with Gasteiger partial charge in [0.1, 0.15) is 11.5 Å². The fourth-order valence-electron chi connectivity index (χ4n) is 1.05. The first-order chi connectivity index (χ1) is 6.81. The topological polar surface area (TPSA) is 18.5 Å². The van der Waals surface area contributed by atoms with E-state index in [0.29, 0.717) is 0 Å². The van der Waals surface area contributed by atoms with Crippen LogP contribution in [0.3, 0.4) is 0 Å². The van der Waals surface area contributed by atoms with Crippen molar-refractivity contribution in [3.8, 4) is 11.5 Å². The van der Waals surface area contributed by atoms with Crippen molar-refractivity contribution in [3.05, 3.63) is 18.2 Å². The molecule has 0 aliphatic carbocycles. The number of hydrogen-bond acceptors (Lipinski definition) is 4. The van der Waals surface area contributed by atoms with Crippen LogP contribution in [0.2, 0.25) is 0 Å². The van der Waals surface area contributed by atoms with E-state index in [1.54, 1.807) is 26.0 Å². The molecule has 1 aromatic carbocycles. The summed E-state index contributed by atoms with van der Waals surface area (Å²) in [5.74, 6) is 3.51. The molecular formula is C10H14O2S2. The maximum absolute atomic E-state index is 5.26. The number of thiol groups is 1. The minimum atomic E-state index is 0.817. The Morgan fingerprint density at radius 2 is 2.07 bits per heavy atom. The van der Waals surface area contributed by atoms with Gasteiger partial charge in [0.05, 0.1) is 14.2 Å². The lowest BCUT2D eigenvalue weighted by molar-refractivity contribution is 0.387. The van der Waals surface area contributed by atoms with E-state index in [0.717, 1.165) is 27.9 Å². The lowest BCUT2D eigenvalue weighted by Crippen LogP contribution is -1.90. The third kappa shape index (κ3) is 3.03. The molecule has 0 N–H and O–H groups in total. The van der Waals surface area contributed by atoms with Crippen LogP contribution in [0.5, 0.6) is 11.5 Å². The second kappa shape index (κ2) is 6.09. The molecule has 1 aromatic rings. The Kier molecular flexibility index (Phi) is 5.04. The molecule has 0 amide bonds. The van der Waals surface area contributed by atoms with Gasteiger partial charge in [-0.3, -0.25) is 0 Å². The summed E-state index contributed by atoms with van der Waals surface area (Å²) in [6.07, 6.45) is 0. The van der Waals surface area contributed by atoms with Crippen molar-refractivity contribution in [1.29, 1.82) is 0 Å². The molecule has 0 unspecified atom stereocenters. The van der Waals surface area contributed by atoms with Crippen LogP contribution in [-0.4, -0.2) is 25.7 Å². The van der Waals surface area contributed by atoms with Crippen LogP contribution in [0.1, 0.15) is 0 Å². The highest BCUT2D eigenvalue weighted by molar-refractivity contribution is 8.00. The number of methoxy groups -OCH3 is 2. The van der Waals surface area contributed by atoms with Gasteiger partial charge in [0.25, 0.3) is 0 Å². The van der Waals surface area contributed by atoms with Crippen LogP contribution in [0.25, 0.3) is 0 Å². The Labute approximate surface area is 94.4 Å². The smallest absolute Gasteiger partial charge is 0.136 e. The Balaban J connectivity index is 2.82. The highest BCUT2D eigenvalue weighted by atomic mass is 32.2. The maximum atomic E-state index is 5.26. The quantitative estimate of drug-likeness (QED) is 0.620. The minimum Gasteiger partial charge on any atom is -0.497 e. The Morgan fingerprint density at radius 1 is 1.29 bits per heavy atom. The molecule has 2 nitrogen and oxygen atoms in total. The third-order valence-corrected chi connectivity index (χ3v) is 3.30. The monoisotopic (exact) mass is 230 g/mol. The summed E-state index contributed by atoms with van der Waals surface area (Å²) in [7, 11) is 3.31. The summed E-state index contributed by atoms with van der Waals surface area (Å²) >= 11 is 5.90. The SMILES string of the molecule is COc1ccc(SCCS)c(OC)c1. The average molecular weight is 230 g/mol. The van der Waals surface area contributed by atoms with Crippen molar-refractivity contribution >= 4 is 24.4 Å². The summed E-state index contributed by atoms with van der Waals surface area (Å²) in [6, 6.07) is 5.83. The molecule has 1 rings (SSSR count). The van der Waals surface area contributed by atoms with Gasteiger partial charge in [-0.05, 0) is 17.9 Å². The van der Waals surface area contributed by atoms with Gasteiger partial charge in [-0.1, -0.05) is 0 Å². The molecule has 0 heterocycles. The standard InChI is InChI=1S/C10H14O2S2/c1-11-8-3-4-10(14-6-5-13)9(7-8)12-2/h3-4,7,13H,5-6H2,1-2H3. The number of hydrogen-bond donors (Lipinski definition) is 1. The van der Waals surface area contributed by atoms with E-state index < -0.39 is 0 Å². The largest absolute Gasteiger partial charge is 0.497 e. The van der Waals surface area contributed by atoms with Gasteiger partial charge in [-0.25, -0.2) is 0 Å². The van der Waals surface area contributed by atoms with Gasteiger partial charge in [0, 0.05) is 16.7 Å². The van der Waals surface area contributed by atoms with Gasteiger partial charge in [-0.15, -0.1) is 11.8 Å². The maximum Gasteiger partial charge on any atom is 0.136 e. The molecule has 0 saturated heterocycles. The van der Waals surface area contributed by atoms with Crippen LogP contribution in [0, 0.1) is 0 Å². The first-order valence-corrected chi connectivity index (χ1v) is 5.89. The van der Waals surface area contributed by atoms with E-state index in [4.69, 9.17) is 9.47 Å². The molecule has 0 aliphatic rings. The molecule has 78 valence electrons. The van der Waals surface area contributed by atoms with E-state index >= 15 is 0 Å². The van der Waals surface area contributed by atoms with Gasteiger partial charge in [-0.2, -0.15) is 12.6 Å². The lowest BCUT2D eigenvalue weighted by atomic mass is 10.3. The number of ether oxygens (including phenoxy) is 2. The molecule has 0 aliphatic heterocycles. The zero-order valence-corrected chi connectivity index (χ0v) is 10.0. The van der Waals surface area contributed by atoms with Gasteiger partial charge in [0.2, 0.25) is 0 Å². The van der Waals surface area contributed by atoms with E-state index in [2.05, 4.69) is 12.6 Å². The molecule has 0 atom stereocenters.